The Kier molecular flexibility index (Phi) is 2.30. The minimum Gasteiger partial charge on any atom is -0.472 e. The highest BCUT2D eigenvalue weighted by Crippen LogP contribution is 2.27. The lowest BCUT2D eigenvalue weighted by atomic mass is 10.1. The summed E-state index contributed by atoms with van der Waals surface area (Å²) >= 11 is 11.7. The van der Waals surface area contributed by atoms with Gasteiger partial charge in [0.15, 0.2) is 0 Å². The molecule has 13 heavy (non-hydrogen) atoms. The van der Waals surface area contributed by atoms with Gasteiger partial charge in [0.1, 0.15) is 0 Å². The number of halogens is 2. The maximum atomic E-state index is 5.85. The topological polar surface area (TPSA) is 13.1 Å². The van der Waals surface area contributed by atoms with Gasteiger partial charge < -0.3 is 4.42 Å². The fraction of sp³-hybridized carbons (Fsp3) is 0. The molecular formula is C10H6Cl2O. The molecular weight excluding hydrogens is 207 g/mol. The summed E-state index contributed by atoms with van der Waals surface area (Å²) in [4.78, 5) is 0. The molecule has 3 heteroatoms. The molecule has 1 heterocycles. The summed E-state index contributed by atoms with van der Waals surface area (Å²) in [5.74, 6) is 0. The molecule has 0 aliphatic rings. The third-order valence-corrected chi connectivity index (χ3v) is 2.15. The molecule has 0 atom stereocenters. The number of benzene rings is 1. The molecule has 0 bridgehead atoms. The highest BCUT2D eigenvalue weighted by molar-refractivity contribution is 6.35. The van der Waals surface area contributed by atoms with E-state index in [1.807, 2.05) is 18.2 Å². The Morgan fingerprint density at radius 3 is 2.15 bits per heavy atom. The normalized spacial score (nSPS) is 10.3. The third-order valence-electron chi connectivity index (χ3n) is 1.72. The van der Waals surface area contributed by atoms with Gasteiger partial charge in [0.2, 0.25) is 0 Å². The van der Waals surface area contributed by atoms with Crippen molar-refractivity contribution < 1.29 is 4.42 Å². The molecule has 0 spiro atoms. The van der Waals surface area contributed by atoms with Crippen molar-refractivity contribution in [1.29, 1.82) is 0 Å². The van der Waals surface area contributed by atoms with Gasteiger partial charge in [-0.25, -0.2) is 0 Å². The summed E-state index contributed by atoms with van der Waals surface area (Å²) in [7, 11) is 0. The van der Waals surface area contributed by atoms with Crippen LogP contribution in [0.2, 0.25) is 10.0 Å². The summed E-state index contributed by atoms with van der Waals surface area (Å²) in [5.41, 5.74) is 1.94. The SMILES string of the molecule is Clc1cc(Cl)cc(-c2ccoc2)c1. The van der Waals surface area contributed by atoms with E-state index in [0.29, 0.717) is 10.0 Å². The van der Waals surface area contributed by atoms with E-state index in [1.165, 1.54) is 0 Å². The fourth-order valence-corrected chi connectivity index (χ4v) is 1.68. The Bertz CT molecular complexity index is 387. The molecule has 0 amide bonds. The first-order valence-electron chi connectivity index (χ1n) is 3.74. The molecule has 1 aromatic heterocycles. The molecule has 66 valence electrons. The number of hydrogen-bond acceptors (Lipinski definition) is 1. The Morgan fingerprint density at radius 2 is 1.62 bits per heavy atom. The van der Waals surface area contributed by atoms with Crippen LogP contribution in [0.15, 0.2) is 41.2 Å². The van der Waals surface area contributed by atoms with Gasteiger partial charge in [-0.05, 0) is 29.8 Å². The molecule has 0 N–H and O–H groups in total. The summed E-state index contributed by atoms with van der Waals surface area (Å²) in [6.07, 6.45) is 3.27. The molecule has 0 radical (unpaired) electrons. The summed E-state index contributed by atoms with van der Waals surface area (Å²) in [6, 6.07) is 7.26. The summed E-state index contributed by atoms with van der Waals surface area (Å²) in [6.45, 7) is 0. The first-order chi connectivity index (χ1) is 6.25. The highest BCUT2D eigenvalue weighted by atomic mass is 35.5. The van der Waals surface area contributed by atoms with Crippen molar-refractivity contribution in [2.24, 2.45) is 0 Å². The molecule has 0 aliphatic carbocycles. The van der Waals surface area contributed by atoms with Crippen LogP contribution < -0.4 is 0 Å². The van der Waals surface area contributed by atoms with E-state index in [-0.39, 0.29) is 0 Å². The molecule has 0 fully saturated rings. The Morgan fingerprint density at radius 1 is 0.923 bits per heavy atom. The maximum absolute atomic E-state index is 5.85. The Labute approximate surface area is 85.9 Å². The van der Waals surface area contributed by atoms with E-state index in [4.69, 9.17) is 27.6 Å². The van der Waals surface area contributed by atoms with Crippen LogP contribution in [0.4, 0.5) is 0 Å². The predicted octanol–water partition coefficient (Wildman–Crippen LogP) is 4.25. The number of furan rings is 1. The molecule has 1 aromatic carbocycles. The molecule has 0 unspecified atom stereocenters. The second-order valence-corrected chi connectivity index (χ2v) is 3.54. The molecule has 0 aliphatic heterocycles. The van der Waals surface area contributed by atoms with E-state index < -0.39 is 0 Å². The van der Waals surface area contributed by atoms with E-state index in [1.54, 1.807) is 18.6 Å². The first-order valence-corrected chi connectivity index (χ1v) is 4.50. The summed E-state index contributed by atoms with van der Waals surface area (Å²) < 4.78 is 4.96. The lowest BCUT2D eigenvalue weighted by molar-refractivity contribution is 0.568. The number of hydrogen-bond donors (Lipinski definition) is 0. The van der Waals surface area contributed by atoms with Crippen LogP contribution in [0.5, 0.6) is 0 Å². The zero-order chi connectivity index (χ0) is 9.26. The van der Waals surface area contributed by atoms with Gasteiger partial charge in [0.05, 0.1) is 12.5 Å². The average Bonchev–Trinajstić information content (AvgIpc) is 2.53. The van der Waals surface area contributed by atoms with Crippen molar-refractivity contribution in [2.45, 2.75) is 0 Å². The minimum absolute atomic E-state index is 0.628. The quantitative estimate of drug-likeness (QED) is 0.689. The maximum Gasteiger partial charge on any atom is 0.0980 e. The van der Waals surface area contributed by atoms with Crippen molar-refractivity contribution in [3.63, 3.8) is 0 Å². The summed E-state index contributed by atoms with van der Waals surface area (Å²) in [5, 5.41) is 1.26. The predicted molar refractivity (Wildman–Crippen MR) is 54.2 cm³/mol. The van der Waals surface area contributed by atoms with Crippen molar-refractivity contribution in [2.75, 3.05) is 0 Å². The van der Waals surface area contributed by atoms with Gasteiger partial charge in [-0.15, -0.1) is 0 Å². The largest absolute Gasteiger partial charge is 0.472 e. The first kappa shape index (κ1) is 8.67. The van der Waals surface area contributed by atoms with Crippen molar-refractivity contribution in [3.8, 4) is 11.1 Å². The molecule has 2 aromatic rings. The zero-order valence-electron chi connectivity index (χ0n) is 6.63. The lowest BCUT2D eigenvalue weighted by Crippen LogP contribution is -1.74. The van der Waals surface area contributed by atoms with Crippen molar-refractivity contribution in [1.82, 2.24) is 0 Å². The smallest absolute Gasteiger partial charge is 0.0980 e. The van der Waals surface area contributed by atoms with E-state index in [9.17, 15) is 0 Å². The van der Waals surface area contributed by atoms with Gasteiger partial charge in [-0.3, -0.25) is 0 Å². The Balaban J connectivity index is 2.53. The van der Waals surface area contributed by atoms with Gasteiger partial charge in [0, 0.05) is 15.6 Å². The molecule has 1 nitrogen and oxygen atoms in total. The van der Waals surface area contributed by atoms with Gasteiger partial charge in [-0.2, -0.15) is 0 Å². The van der Waals surface area contributed by atoms with Crippen LogP contribution >= 0.6 is 23.2 Å². The molecule has 0 saturated carbocycles. The van der Waals surface area contributed by atoms with Crippen LogP contribution in [0.25, 0.3) is 11.1 Å². The van der Waals surface area contributed by atoms with E-state index in [2.05, 4.69) is 0 Å². The molecule has 2 rings (SSSR count). The molecule has 0 saturated heterocycles. The van der Waals surface area contributed by atoms with Crippen molar-refractivity contribution in [3.05, 3.63) is 46.8 Å². The zero-order valence-corrected chi connectivity index (χ0v) is 8.14. The van der Waals surface area contributed by atoms with Crippen LogP contribution in [-0.2, 0) is 0 Å². The van der Waals surface area contributed by atoms with Crippen LogP contribution in [0.1, 0.15) is 0 Å². The van der Waals surface area contributed by atoms with Gasteiger partial charge in [-0.1, -0.05) is 23.2 Å². The number of rotatable bonds is 1. The van der Waals surface area contributed by atoms with E-state index in [0.717, 1.165) is 11.1 Å². The lowest BCUT2D eigenvalue weighted by Gasteiger charge is -1.98. The van der Waals surface area contributed by atoms with Crippen LogP contribution in [-0.4, -0.2) is 0 Å². The fourth-order valence-electron chi connectivity index (χ4n) is 1.15. The van der Waals surface area contributed by atoms with Crippen molar-refractivity contribution >= 4 is 23.2 Å². The second-order valence-electron chi connectivity index (χ2n) is 2.67. The monoisotopic (exact) mass is 212 g/mol. The minimum atomic E-state index is 0.628. The average molecular weight is 213 g/mol. The second kappa shape index (κ2) is 3.44. The standard InChI is InChI=1S/C10H6Cl2O/c11-9-3-8(4-10(12)5-9)7-1-2-13-6-7/h1-6H. The van der Waals surface area contributed by atoms with E-state index >= 15 is 0 Å². The van der Waals surface area contributed by atoms with Crippen LogP contribution in [0.3, 0.4) is 0 Å². The van der Waals surface area contributed by atoms with Gasteiger partial charge in [0.25, 0.3) is 0 Å². The van der Waals surface area contributed by atoms with Crippen LogP contribution in [0, 0.1) is 0 Å². The Hall–Kier alpha value is -0.920. The van der Waals surface area contributed by atoms with Gasteiger partial charge >= 0.3 is 0 Å². The highest BCUT2D eigenvalue weighted by Gasteiger charge is 2.01. The third kappa shape index (κ3) is 1.87.